The molecule has 0 spiro atoms. The van der Waals surface area contributed by atoms with E-state index in [9.17, 15) is 14.3 Å². The smallest absolute Gasteiger partial charge is 0.254 e. The first-order valence-corrected chi connectivity index (χ1v) is 7.72. The molecule has 2 heterocycles. The molecule has 118 valence electrons. The molecule has 5 heteroatoms. The van der Waals surface area contributed by atoms with E-state index in [1.54, 1.807) is 4.90 Å². The minimum atomic E-state index is -0.366. The van der Waals surface area contributed by atoms with Crippen molar-refractivity contribution in [3.63, 3.8) is 0 Å². The monoisotopic (exact) mass is 312 g/mol. The molecule has 1 fully saturated rings. The molecule has 1 saturated heterocycles. The third-order valence-electron chi connectivity index (χ3n) is 4.88. The van der Waals surface area contributed by atoms with Crippen LogP contribution in [0.4, 0.5) is 10.1 Å². The summed E-state index contributed by atoms with van der Waals surface area (Å²) >= 11 is 0. The number of benzene rings is 2. The molecule has 0 bridgehead atoms. The average Bonchev–Trinajstić information content (AvgIpc) is 2.56. The molecule has 0 radical (unpaired) electrons. The van der Waals surface area contributed by atoms with Gasteiger partial charge in [0.25, 0.3) is 5.91 Å². The molecule has 0 aliphatic carbocycles. The maximum atomic E-state index is 13.0. The number of anilines is 1. The number of para-hydroxylation sites is 1. The highest BCUT2D eigenvalue weighted by molar-refractivity contribution is 5.95. The number of aliphatic hydroxyl groups is 1. The van der Waals surface area contributed by atoms with Crippen molar-refractivity contribution in [2.24, 2.45) is 0 Å². The zero-order valence-electron chi connectivity index (χ0n) is 12.4. The summed E-state index contributed by atoms with van der Waals surface area (Å²) in [6.07, 6.45) is 0. The van der Waals surface area contributed by atoms with E-state index in [1.165, 1.54) is 24.3 Å². The summed E-state index contributed by atoms with van der Waals surface area (Å²) in [7, 11) is 0. The number of hydrogen-bond donors (Lipinski definition) is 2. The van der Waals surface area contributed by atoms with Crippen molar-refractivity contribution in [3.8, 4) is 0 Å². The van der Waals surface area contributed by atoms with E-state index < -0.39 is 0 Å². The molecule has 2 aliphatic rings. The van der Waals surface area contributed by atoms with Gasteiger partial charge in [0, 0.05) is 23.7 Å². The number of hydrogen-bond acceptors (Lipinski definition) is 3. The highest BCUT2D eigenvalue weighted by Gasteiger charge is 2.53. The molecule has 0 unspecified atom stereocenters. The zero-order valence-corrected chi connectivity index (χ0v) is 12.4. The molecule has 23 heavy (non-hydrogen) atoms. The van der Waals surface area contributed by atoms with Gasteiger partial charge in [-0.1, -0.05) is 18.2 Å². The standard InChI is InChI=1S/C18H17FN2O2/c19-12-7-5-11(6-8-12)18(23)21-15-9-20-14-4-2-1-3-13(14)17(15)16(21)10-22/h1-8,15-17,20,22H,9-10H2/t15-,16+,17+/m1/s1. The Bertz CT molecular complexity index is 747. The Morgan fingerprint density at radius 2 is 1.96 bits per heavy atom. The number of nitrogens with one attached hydrogen (secondary N) is 1. The predicted octanol–water partition coefficient (Wildman–Crippen LogP) is 2.22. The van der Waals surface area contributed by atoms with E-state index >= 15 is 0 Å². The molecule has 3 atom stereocenters. The maximum absolute atomic E-state index is 13.0. The van der Waals surface area contributed by atoms with Gasteiger partial charge in [-0.05, 0) is 35.9 Å². The number of aliphatic hydroxyl groups excluding tert-OH is 1. The SMILES string of the molecule is O=C(c1ccc(F)cc1)N1[C@@H]2CNc3ccccc3[C@@H]2[C@@H]1CO. The Balaban J connectivity index is 1.65. The van der Waals surface area contributed by atoms with E-state index in [2.05, 4.69) is 5.32 Å². The second kappa shape index (κ2) is 5.35. The molecule has 2 aliphatic heterocycles. The highest BCUT2D eigenvalue weighted by atomic mass is 19.1. The van der Waals surface area contributed by atoms with Gasteiger partial charge in [0.2, 0.25) is 0 Å². The van der Waals surface area contributed by atoms with E-state index in [4.69, 9.17) is 0 Å². The van der Waals surface area contributed by atoms with Crippen LogP contribution in [0.2, 0.25) is 0 Å². The second-order valence-electron chi connectivity index (χ2n) is 6.03. The highest BCUT2D eigenvalue weighted by Crippen LogP contribution is 2.46. The molecule has 0 aromatic heterocycles. The second-order valence-corrected chi connectivity index (χ2v) is 6.03. The van der Waals surface area contributed by atoms with Crippen LogP contribution in [0.15, 0.2) is 48.5 Å². The largest absolute Gasteiger partial charge is 0.394 e. The van der Waals surface area contributed by atoms with Crippen LogP contribution in [0, 0.1) is 5.82 Å². The number of fused-ring (bicyclic) bond motifs is 3. The maximum Gasteiger partial charge on any atom is 0.254 e. The van der Waals surface area contributed by atoms with Crippen LogP contribution in [0.25, 0.3) is 0 Å². The van der Waals surface area contributed by atoms with Crippen LogP contribution < -0.4 is 5.32 Å². The molecule has 2 aromatic rings. The molecule has 0 saturated carbocycles. The first kappa shape index (κ1) is 14.2. The first-order chi connectivity index (χ1) is 11.2. The summed E-state index contributed by atoms with van der Waals surface area (Å²) in [5, 5.41) is 13.1. The summed E-state index contributed by atoms with van der Waals surface area (Å²) in [4.78, 5) is 14.5. The van der Waals surface area contributed by atoms with Gasteiger partial charge < -0.3 is 15.3 Å². The fraction of sp³-hybridized carbons (Fsp3) is 0.278. The van der Waals surface area contributed by atoms with Gasteiger partial charge in [-0.3, -0.25) is 4.79 Å². The van der Waals surface area contributed by atoms with Crippen LogP contribution in [-0.2, 0) is 0 Å². The minimum Gasteiger partial charge on any atom is -0.394 e. The van der Waals surface area contributed by atoms with Crippen LogP contribution >= 0.6 is 0 Å². The lowest BCUT2D eigenvalue weighted by Gasteiger charge is -2.57. The Hall–Kier alpha value is -2.40. The predicted molar refractivity (Wildman–Crippen MR) is 84.9 cm³/mol. The molecular weight excluding hydrogens is 295 g/mol. The van der Waals surface area contributed by atoms with Crippen molar-refractivity contribution in [2.45, 2.75) is 18.0 Å². The fourth-order valence-corrected chi connectivity index (χ4v) is 3.79. The van der Waals surface area contributed by atoms with Gasteiger partial charge in [0.15, 0.2) is 0 Å². The number of carbonyl (C=O) groups excluding carboxylic acids is 1. The third kappa shape index (κ3) is 2.11. The van der Waals surface area contributed by atoms with Crippen molar-refractivity contribution in [1.82, 2.24) is 4.90 Å². The van der Waals surface area contributed by atoms with Gasteiger partial charge in [0.1, 0.15) is 5.82 Å². The summed E-state index contributed by atoms with van der Waals surface area (Å²) in [5.41, 5.74) is 2.66. The summed E-state index contributed by atoms with van der Waals surface area (Å²) in [6, 6.07) is 13.3. The van der Waals surface area contributed by atoms with Gasteiger partial charge >= 0.3 is 0 Å². The zero-order chi connectivity index (χ0) is 16.0. The van der Waals surface area contributed by atoms with Crippen molar-refractivity contribution in [2.75, 3.05) is 18.5 Å². The number of carbonyl (C=O) groups is 1. The van der Waals surface area contributed by atoms with Gasteiger partial charge in [0.05, 0.1) is 18.7 Å². The van der Waals surface area contributed by atoms with Crippen molar-refractivity contribution >= 4 is 11.6 Å². The fourth-order valence-electron chi connectivity index (χ4n) is 3.79. The molecule has 2 N–H and O–H groups in total. The first-order valence-electron chi connectivity index (χ1n) is 7.72. The Kier molecular flexibility index (Phi) is 3.31. The number of likely N-dealkylation sites (tertiary alicyclic amines) is 1. The van der Waals surface area contributed by atoms with Crippen LogP contribution in [0.3, 0.4) is 0 Å². The number of halogens is 1. The van der Waals surface area contributed by atoms with E-state index in [1.807, 2.05) is 24.3 Å². The summed E-state index contributed by atoms with van der Waals surface area (Å²) in [6.45, 7) is 0.577. The Morgan fingerprint density at radius 1 is 1.22 bits per heavy atom. The van der Waals surface area contributed by atoms with Crippen LogP contribution in [-0.4, -0.2) is 41.1 Å². The van der Waals surface area contributed by atoms with Gasteiger partial charge in [-0.15, -0.1) is 0 Å². The van der Waals surface area contributed by atoms with Crippen molar-refractivity contribution < 1.29 is 14.3 Å². The van der Waals surface area contributed by atoms with Crippen molar-refractivity contribution in [1.29, 1.82) is 0 Å². The van der Waals surface area contributed by atoms with E-state index in [0.717, 1.165) is 11.3 Å². The normalized spacial score (nSPS) is 25.0. The van der Waals surface area contributed by atoms with Crippen LogP contribution in [0.1, 0.15) is 21.8 Å². The third-order valence-corrected chi connectivity index (χ3v) is 4.88. The van der Waals surface area contributed by atoms with E-state index in [-0.39, 0.29) is 36.3 Å². The Labute approximate surface area is 133 Å². The average molecular weight is 312 g/mol. The lowest BCUT2D eigenvalue weighted by molar-refractivity contribution is -0.0221. The topological polar surface area (TPSA) is 52.6 Å². The quantitative estimate of drug-likeness (QED) is 0.894. The molecule has 4 rings (SSSR count). The lowest BCUT2D eigenvalue weighted by atomic mass is 9.72. The summed E-state index contributed by atoms with van der Waals surface area (Å²) < 4.78 is 13.0. The van der Waals surface area contributed by atoms with Gasteiger partial charge in [-0.25, -0.2) is 4.39 Å². The van der Waals surface area contributed by atoms with Crippen LogP contribution in [0.5, 0.6) is 0 Å². The number of rotatable bonds is 2. The minimum absolute atomic E-state index is 0.0135. The number of nitrogens with zero attached hydrogens (tertiary/aromatic N) is 1. The summed E-state index contributed by atoms with van der Waals surface area (Å²) in [5.74, 6) is -0.386. The molecule has 2 aromatic carbocycles. The van der Waals surface area contributed by atoms with Gasteiger partial charge in [-0.2, -0.15) is 0 Å². The van der Waals surface area contributed by atoms with Crippen molar-refractivity contribution in [3.05, 3.63) is 65.5 Å². The Morgan fingerprint density at radius 3 is 2.70 bits per heavy atom. The lowest BCUT2D eigenvalue weighted by Crippen LogP contribution is -2.69. The molecule has 4 nitrogen and oxygen atoms in total. The number of amides is 1. The molecular formula is C18H17FN2O2. The molecule has 1 amide bonds. The van der Waals surface area contributed by atoms with E-state index in [0.29, 0.717) is 12.1 Å².